The molecule has 23 heavy (non-hydrogen) atoms. The van der Waals surface area contributed by atoms with Crippen molar-refractivity contribution in [3.8, 4) is 0 Å². The number of carbonyl (C=O) groups excluding carboxylic acids is 1. The highest BCUT2D eigenvalue weighted by molar-refractivity contribution is 8.17. The lowest BCUT2D eigenvalue weighted by molar-refractivity contribution is -0.108. The lowest BCUT2D eigenvalue weighted by Crippen LogP contribution is -2.20. The van der Waals surface area contributed by atoms with Gasteiger partial charge in [0.05, 0.1) is 0 Å². The van der Waals surface area contributed by atoms with Gasteiger partial charge in [-0.25, -0.2) is 0 Å². The highest BCUT2D eigenvalue weighted by Crippen LogP contribution is 2.42. The second-order valence-electron chi connectivity index (χ2n) is 5.21. The average molecular weight is 352 g/mol. The third kappa shape index (κ3) is 4.90. The van der Waals surface area contributed by atoms with Crippen molar-refractivity contribution < 1.29 is 4.79 Å². The lowest BCUT2D eigenvalue weighted by atomic mass is 9.82. The number of allylic oxidation sites excluding steroid dienone is 1. The van der Waals surface area contributed by atoms with Gasteiger partial charge < -0.3 is 10.6 Å². The molecule has 124 valence electrons. The Labute approximate surface area is 144 Å². The molecule has 1 amide bonds. The number of nitrogens with one attached hydrogen (secondary N) is 2. The molecule has 6 nitrogen and oxygen atoms in total. The van der Waals surface area contributed by atoms with Gasteiger partial charge in [0.2, 0.25) is 11.5 Å². The van der Waals surface area contributed by atoms with E-state index in [0.29, 0.717) is 23.4 Å². The topological polar surface area (TPSA) is 79.3 Å². The Balaban J connectivity index is 1.97. The number of amidine groups is 1. The summed E-state index contributed by atoms with van der Waals surface area (Å²) in [6.07, 6.45) is 6.63. The Morgan fingerprint density at radius 3 is 3.00 bits per heavy atom. The molecule has 1 aromatic rings. The van der Waals surface area contributed by atoms with Crippen molar-refractivity contribution in [3.63, 3.8) is 0 Å². The number of hydrogen-bond acceptors (Lipinski definition) is 7. The summed E-state index contributed by atoms with van der Waals surface area (Å²) < 4.78 is 0. The Hall–Kier alpha value is -1.67. The Morgan fingerprint density at radius 2 is 2.30 bits per heavy atom. The van der Waals surface area contributed by atoms with Crippen LogP contribution in [0.3, 0.4) is 0 Å². The van der Waals surface area contributed by atoms with E-state index < -0.39 is 0 Å². The van der Waals surface area contributed by atoms with Gasteiger partial charge in [0.1, 0.15) is 5.01 Å². The maximum atomic E-state index is 10.6. The van der Waals surface area contributed by atoms with E-state index in [1.165, 1.54) is 11.8 Å². The first kappa shape index (κ1) is 17.7. The van der Waals surface area contributed by atoms with Crippen LogP contribution in [0.1, 0.15) is 36.6 Å². The Kier molecular flexibility index (Phi) is 6.79. The number of aromatic nitrogens is 2. The minimum atomic E-state index is 0.392. The molecule has 2 atom stereocenters. The summed E-state index contributed by atoms with van der Waals surface area (Å²) in [6.45, 7) is 7.81. The lowest BCUT2D eigenvalue weighted by Gasteiger charge is -2.28. The summed E-state index contributed by atoms with van der Waals surface area (Å²) in [5, 5.41) is 16.4. The predicted molar refractivity (Wildman–Crippen MR) is 97.7 cm³/mol. The van der Waals surface area contributed by atoms with Gasteiger partial charge in [0.25, 0.3) is 0 Å². The fraction of sp³-hybridized carbons (Fsp3) is 0.467. The van der Waals surface area contributed by atoms with Crippen LogP contribution in [0.2, 0.25) is 0 Å². The Morgan fingerprint density at radius 1 is 1.48 bits per heavy atom. The first-order chi connectivity index (χ1) is 11.2. The molecule has 0 aliphatic heterocycles. The summed E-state index contributed by atoms with van der Waals surface area (Å²) in [7, 11) is 1.66. The van der Waals surface area contributed by atoms with Gasteiger partial charge in [0.15, 0.2) is 5.17 Å². The smallest absolute Gasteiger partial charge is 0.213 e. The highest BCUT2D eigenvalue weighted by atomic mass is 32.2. The summed E-state index contributed by atoms with van der Waals surface area (Å²) in [4.78, 5) is 15.7. The van der Waals surface area contributed by atoms with Crippen LogP contribution in [0.15, 0.2) is 29.3 Å². The van der Waals surface area contributed by atoms with E-state index in [1.54, 1.807) is 24.6 Å². The summed E-state index contributed by atoms with van der Waals surface area (Å²) in [6, 6.07) is 0. The van der Waals surface area contributed by atoms with Crippen molar-refractivity contribution in [2.45, 2.75) is 31.6 Å². The van der Waals surface area contributed by atoms with Gasteiger partial charge in [-0.05, 0) is 36.3 Å². The summed E-state index contributed by atoms with van der Waals surface area (Å²) >= 11 is 3.02. The fourth-order valence-corrected chi connectivity index (χ4v) is 4.36. The predicted octanol–water partition coefficient (Wildman–Crippen LogP) is 3.35. The molecule has 0 aromatic carbocycles. The van der Waals surface area contributed by atoms with Crippen LogP contribution in [-0.4, -0.2) is 28.8 Å². The van der Waals surface area contributed by atoms with E-state index in [4.69, 9.17) is 0 Å². The summed E-state index contributed by atoms with van der Waals surface area (Å²) in [5.41, 5.74) is 0. The number of carbonyl (C=O) groups is 1. The Bertz CT molecular complexity index is 598. The van der Waals surface area contributed by atoms with Gasteiger partial charge in [-0.2, -0.15) is 0 Å². The van der Waals surface area contributed by atoms with Crippen LogP contribution in [0.25, 0.3) is 0 Å². The van der Waals surface area contributed by atoms with Gasteiger partial charge in [-0.3, -0.25) is 9.79 Å². The molecule has 2 rings (SSSR count). The van der Waals surface area contributed by atoms with Gasteiger partial charge >= 0.3 is 0 Å². The van der Waals surface area contributed by atoms with Crippen molar-refractivity contribution in [2.75, 3.05) is 12.4 Å². The first-order valence-electron chi connectivity index (χ1n) is 7.42. The van der Waals surface area contributed by atoms with E-state index in [-0.39, 0.29) is 0 Å². The largest absolute Gasteiger partial charge is 0.337 e. The van der Waals surface area contributed by atoms with Gasteiger partial charge in [-0.1, -0.05) is 42.7 Å². The molecule has 0 bridgehead atoms. The first-order valence-corrected chi connectivity index (χ1v) is 9.05. The second kappa shape index (κ2) is 8.83. The number of rotatable bonds is 6. The molecule has 1 aliphatic carbocycles. The zero-order valence-corrected chi connectivity index (χ0v) is 14.8. The van der Waals surface area contributed by atoms with Crippen molar-refractivity contribution in [3.05, 3.63) is 29.3 Å². The third-order valence-electron chi connectivity index (χ3n) is 3.76. The normalized spacial score (nSPS) is 21.5. The molecule has 1 heterocycles. The van der Waals surface area contributed by atoms with Gasteiger partial charge in [-0.15, -0.1) is 10.2 Å². The second-order valence-corrected chi connectivity index (χ2v) is 7.34. The van der Waals surface area contributed by atoms with Crippen LogP contribution in [0.4, 0.5) is 5.13 Å². The zero-order valence-electron chi connectivity index (χ0n) is 13.1. The molecule has 2 N–H and O–H groups in total. The van der Waals surface area contributed by atoms with E-state index in [1.807, 2.05) is 0 Å². The number of thioether (sulfide) groups is 1. The average Bonchev–Trinajstić information content (AvgIpc) is 3.03. The molecule has 8 heteroatoms. The highest BCUT2D eigenvalue weighted by Gasteiger charge is 2.28. The van der Waals surface area contributed by atoms with Crippen molar-refractivity contribution in [1.29, 1.82) is 0 Å². The monoisotopic (exact) mass is 351 g/mol. The van der Waals surface area contributed by atoms with Crippen LogP contribution >= 0.6 is 23.1 Å². The molecule has 0 saturated heterocycles. The number of anilines is 1. The molecular weight excluding hydrogens is 330 g/mol. The SMILES string of the molecule is C=CNc1nnc([C@@H]2CCC[C@H](C(=C)S/C(=N\C)NC=O)C2)s1. The number of aliphatic imine (C=N–C) groups is 1. The fourth-order valence-electron chi connectivity index (χ4n) is 2.65. The van der Waals surface area contributed by atoms with E-state index >= 15 is 0 Å². The molecule has 0 radical (unpaired) electrons. The van der Waals surface area contributed by atoms with Crippen molar-refractivity contribution >= 4 is 39.8 Å². The van der Waals surface area contributed by atoms with Crippen LogP contribution in [0.5, 0.6) is 0 Å². The van der Waals surface area contributed by atoms with Crippen LogP contribution < -0.4 is 10.6 Å². The molecule has 1 saturated carbocycles. The molecule has 0 spiro atoms. The molecular formula is C15H21N5OS2. The van der Waals surface area contributed by atoms with E-state index in [2.05, 4.69) is 39.0 Å². The third-order valence-corrected chi connectivity index (χ3v) is 5.86. The zero-order chi connectivity index (χ0) is 16.7. The minimum absolute atomic E-state index is 0.392. The van der Waals surface area contributed by atoms with Crippen LogP contribution in [0, 0.1) is 5.92 Å². The number of hydrogen-bond donors (Lipinski definition) is 2. The summed E-state index contributed by atoms with van der Waals surface area (Å²) in [5.74, 6) is 0.800. The molecule has 1 aromatic heterocycles. The van der Waals surface area contributed by atoms with Gasteiger partial charge in [0, 0.05) is 13.0 Å². The van der Waals surface area contributed by atoms with Crippen LogP contribution in [-0.2, 0) is 4.79 Å². The quantitative estimate of drug-likeness (QED) is 0.467. The van der Waals surface area contributed by atoms with E-state index in [9.17, 15) is 4.79 Å². The molecule has 1 aliphatic rings. The maximum Gasteiger partial charge on any atom is 0.213 e. The minimum Gasteiger partial charge on any atom is -0.337 e. The number of nitrogens with zero attached hydrogens (tertiary/aromatic N) is 3. The maximum absolute atomic E-state index is 10.6. The molecule has 0 unspecified atom stereocenters. The van der Waals surface area contributed by atoms with E-state index in [0.717, 1.165) is 40.7 Å². The molecule has 1 fully saturated rings. The number of amides is 1. The van der Waals surface area contributed by atoms with Crippen molar-refractivity contribution in [1.82, 2.24) is 15.5 Å². The van der Waals surface area contributed by atoms with Crippen molar-refractivity contribution in [2.24, 2.45) is 10.9 Å². The standard InChI is InChI=1S/C15H21N5OS2/c1-4-17-15-20-19-13(23-15)12-7-5-6-11(8-12)10(2)22-14(16-3)18-9-21/h4,9,11-12H,1-2,5-8H2,3H3,(H,17,20)(H,16,18,21)/t11-,12+/m0/s1.